The van der Waals surface area contributed by atoms with E-state index in [-0.39, 0.29) is 18.4 Å². The summed E-state index contributed by atoms with van der Waals surface area (Å²) in [5.41, 5.74) is 0.870. The van der Waals surface area contributed by atoms with Gasteiger partial charge in [0.15, 0.2) is 0 Å². The van der Waals surface area contributed by atoms with Crippen LogP contribution < -0.4 is 5.32 Å². The van der Waals surface area contributed by atoms with Crippen LogP contribution in [0.5, 0.6) is 0 Å². The third kappa shape index (κ3) is 6.84. The van der Waals surface area contributed by atoms with Gasteiger partial charge in [0, 0.05) is 6.54 Å². The highest BCUT2D eigenvalue weighted by atomic mass is 16.6. The van der Waals surface area contributed by atoms with Crippen LogP contribution in [-0.4, -0.2) is 53.4 Å². The molecule has 154 valence electrons. The Kier molecular flexibility index (Phi) is 8.25. The molecule has 0 spiro atoms. The van der Waals surface area contributed by atoms with E-state index in [4.69, 9.17) is 14.6 Å². The lowest BCUT2D eigenvalue weighted by atomic mass is 10.1. The van der Waals surface area contributed by atoms with Crippen LogP contribution in [0.3, 0.4) is 0 Å². The Morgan fingerprint density at radius 2 is 1.96 bits per heavy atom. The number of hydrogen-bond donors (Lipinski definition) is 2. The molecule has 0 unspecified atom stereocenters. The van der Waals surface area contributed by atoms with Gasteiger partial charge >= 0.3 is 12.1 Å². The Morgan fingerprint density at radius 3 is 2.61 bits per heavy atom. The standard InChI is InChI=1S/C20H28N2O6/c1-14(2)11-17(27-13-18(23)24)21-19(25)16-9-6-10-22(16)20(26)28-12-15-7-4-3-5-8-15/h3-5,7-8,14,16-17H,6,9-13H2,1-2H3,(H,21,25)(H,23,24)/t16-,17-/m0/s1. The molecule has 28 heavy (non-hydrogen) atoms. The van der Waals surface area contributed by atoms with Crippen molar-refractivity contribution in [2.24, 2.45) is 5.92 Å². The van der Waals surface area contributed by atoms with E-state index in [1.54, 1.807) is 0 Å². The first-order valence-electron chi connectivity index (χ1n) is 9.48. The molecule has 0 bridgehead atoms. The number of nitrogens with zero attached hydrogens (tertiary/aromatic N) is 1. The monoisotopic (exact) mass is 392 g/mol. The molecule has 1 aromatic carbocycles. The Balaban J connectivity index is 1.92. The lowest BCUT2D eigenvalue weighted by molar-refractivity contribution is -0.147. The Bertz CT molecular complexity index is 664. The number of rotatable bonds is 9. The van der Waals surface area contributed by atoms with Gasteiger partial charge in [-0.1, -0.05) is 44.2 Å². The molecular formula is C20H28N2O6. The van der Waals surface area contributed by atoms with Gasteiger partial charge in [0.05, 0.1) is 0 Å². The number of carboxylic acids is 1. The minimum atomic E-state index is -1.10. The van der Waals surface area contributed by atoms with Gasteiger partial charge in [-0.3, -0.25) is 9.69 Å². The van der Waals surface area contributed by atoms with Gasteiger partial charge in [-0.05, 0) is 30.7 Å². The van der Waals surface area contributed by atoms with E-state index in [0.29, 0.717) is 25.8 Å². The van der Waals surface area contributed by atoms with Crippen LogP contribution >= 0.6 is 0 Å². The van der Waals surface area contributed by atoms with Gasteiger partial charge < -0.3 is 19.9 Å². The van der Waals surface area contributed by atoms with E-state index < -0.39 is 30.9 Å². The summed E-state index contributed by atoms with van der Waals surface area (Å²) >= 11 is 0. The van der Waals surface area contributed by atoms with Crippen molar-refractivity contribution >= 4 is 18.0 Å². The molecule has 1 saturated heterocycles. The summed E-state index contributed by atoms with van der Waals surface area (Å²) in [7, 11) is 0. The largest absolute Gasteiger partial charge is 0.480 e. The number of aliphatic carboxylic acids is 1. The summed E-state index contributed by atoms with van der Waals surface area (Å²) < 4.78 is 10.6. The van der Waals surface area contributed by atoms with Crippen molar-refractivity contribution in [1.29, 1.82) is 0 Å². The molecule has 8 nitrogen and oxygen atoms in total. The molecule has 1 aliphatic rings. The molecule has 1 aromatic rings. The van der Waals surface area contributed by atoms with E-state index in [0.717, 1.165) is 5.56 Å². The average molecular weight is 392 g/mol. The molecule has 0 saturated carbocycles. The second-order valence-electron chi connectivity index (χ2n) is 7.22. The molecule has 0 aromatic heterocycles. The van der Waals surface area contributed by atoms with Gasteiger partial charge in [0.2, 0.25) is 5.91 Å². The maximum absolute atomic E-state index is 12.7. The van der Waals surface area contributed by atoms with E-state index in [1.807, 2.05) is 44.2 Å². The van der Waals surface area contributed by atoms with Crippen LogP contribution in [0, 0.1) is 5.92 Å². The van der Waals surface area contributed by atoms with Crippen molar-refractivity contribution in [2.75, 3.05) is 13.2 Å². The summed E-state index contributed by atoms with van der Waals surface area (Å²) in [4.78, 5) is 37.3. The highest BCUT2D eigenvalue weighted by molar-refractivity contribution is 5.86. The van der Waals surface area contributed by atoms with Gasteiger partial charge in [0.1, 0.15) is 25.5 Å². The lowest BCUT2D eigenvalue weighted by Crippen LogP contribution is -2.50. The van der Waals surface area contributed by atoms with Crippen molar-refractivity contribution in [3.05, 3.63) is 35.9 Å². The smallest absolute Gasteiger partial charge is 0.410 e. The van der Waals surface area contributed by atoms with Gasteiger partial charge in [-0.2, -0.15) is 0 Å². The number of benzene rings is 1. The number of carbonyl (C=O) groups excluding carboxylic acids is 2. The number of carbonyl (C=O) groups is 3. The van der Waals surface area contributed by atoms with Gasteiger partial charge in [0.25, 0.3) is 0 Å². The topological polar surface area (TPSA) is 105 Å². The highest BCUT2D eigenvalue weighted by Crippen LogP contribution is 2.20. The number of nitrogens with one attached hydrogen (secondary N) is 1. The number of carboxylic acid groups (broad SMARTS) is 1. The fourth-order valence-electron chi connectivity index (χ4n) is 3.08. The number of amides is 2. The molecule has 8 heteroatoms. The fourth-order valence-corrected chi connectivity index (χ4v) is 3.08. The zero-order valence-electron chi connectivity index (χ0n) is 16.3. The fraction of sp³-hybridized carbons (Fsp3) is 0.550. The normalized spacial score (nSPS) is 17.4. The van der Waals surface area contributed by atoms with Crippen LogP contribution in [-0.2, 0) is 25.7 Å². The molecule has 1 fully saturated rings. The third-order valence-electron chi connectivity index (χ3n) is 4.39. The molecule has 2 N–H and O–H groups in total. The average Bonchev–Trinajstić information content (AvgIpc) is 3.14. The van der Waals surface area contributed by atoms with Crippen molar-refractivity contribution in [1.82, 2.24) is 10.2 Å². The number of hydrogen-bond acceptors (Lipinski definition) is 5. The first-order valence-corrected chi connectivity index (χ1v) is 9.48. The Labute approximate surface area is 164 Å². The third-order valence-corrected chi connectivity index (χ3v) is 4.39. The zero-order chi connectivity index (χ0) is 20.5. The van der Waals surface area contributed by atoms with Gasteiger partial charge in [-0.25, -0.2) is 9.59 Å². The van der Waals surface area contributed by atoms with Crippen molar-refractivity contribution in [3.63, 3.8) is 0 Å². The van der Waals surface area contributed by atoms with Crippen molar-refractivity contribution in [3.8, 4) is 0 Å². The summed E-state index contributed by atoms with van der Waals surface area (Å²) in [6.45, 7) is 3.99. The highest BCUT2D eigenvalue weighted by Gasteiger charge is 2.36. The molecule has 0 radical (unpaired) electrons. The quantitative estimate of drug-likeness (QED) is 0.625. The maximum Gasteiger partial charge on any atom is 0.410 e. The van der Waals surface area contributed by atoms with Crippen molar-refractivity contribution in [2.45, 2.75) is 52.0 Å². The maximum atomic E-state index is 12.7. The van der Waals surface area contributed by atoms with E-state index in [2.05, 4.69) is 5.32 Å². The predicted molar refractivity (Wildman–Crippen MR) is 101 cm³/mol. The molecular weight excluding hydrogens is 364 g/mol. The van der Waals surface area contributed by atoms with Crippen LogP contribution in [0.4, 0.5) is 4.79 Å². The molecule has 0 aliphatic carbocycles. The molecule has 2 atom stereocenters. The number of ether oxygens (including phenoxy) is 2. The molecule has 2 amide bonds. The first kappa shape index (κ1) is 21.7. The molecule has 1 heterocycles. The van der Waals surface area contributed by atoms with Gasteiger partial charge in [-0.15, -0.1) is 0 Å². The van der Waals surface area contributed by atoms with Crippen molar-refractivity contribution < 1.29 is 29.0 Å². The lowest BCUT2D eigenvalue weighted by Gasteiger charge is -2.26. The Morgan fingerprint density at radius 1 is 1.25 bits per heavy atom. The second-order valence-corrected chi connectivity index (χ2v) is 7.22. The molecule has 2 rings (SSSR count). The minimum Gasteiger partial charge on any atom is -0.480 e. The van der Waals surface area contributed by atoms with E-state index in [9.17, 15) is 14.4 Å². The zero-order valence-corrected chi connectivity index (χ0v) is 16.3. The van der Waals surface area contributed by atoms with E-state index in [1.165, 1.54) is 4.90 Å². The molecule has 1 aliphatic heterocycles. The Hall–Kier alpha value is -2.61. The van der Waals surface area contributed by atoms with Crippen LogP contribution in [0.1, 0.15) is 38.7 Å². The summed E-state index contributed by atoms with van der Waals surface area (Å²) in [6.07, 6.45) is 0.451. The summed E-state index contributed by atoms with van der Waals surface area (Å²) in [5, 5.41) is 11.5. The van der Waals surface area contributed by atoms with Crippen LogP contribution in [0.2, 0.25) is 0 Å². The second kappa shape index (κ2) is 10.7. The van der Waals surface area contributed by atoms with E-state index >= 15 is 0 Å². The predicted octanol–water partition coefficient (Wildman–Crippen LogP) is 2.38. The first-order chi connectivity index (χ1) is 13.4. The summed E-state index contributed by atoms with van der Waals surface area (Å²) in [6, 6.07) is 8.68. The SMILES string of the molecule is CC(C)C[C@@H](NC(=O)[C@@H]1CCCN1C(=O)OCc1ccccc1)OCC(=O)O. The minimum absolute atomic E-state index is 0.141. The summed E-state index contributed by atoms with van der Waals surface area (Å²) in [5.74, 6) is -1.25. The number of likely N-dealkylation sites (tertiary alicyclic amines) is 1. The van der Waals surface area contributed by atoms with Crippen LogP contribution in [0.15, 0.2) is 30.3 Å². The van der Waals surface area contributed by atoms with Crippen LogP contribution in [0.25, 0.3) is 0 Å².